The molecular formula is C19H20FN3OS. The highest BCUT2D eigenvalue weighted by Crippen LogP contribution is 2.28. The molecule has 3 aromatic rings. The molecule has 6 heteroatoms. The summed E-state index contributed by atoms with van der Waals surface area (Å²) in [5, 5.41) is 3.76. The summed E-state index contributed by atoms with van der Waals surface area (Å²) in [6.45, 7) is 5.93. The molecular weight excluding hydrogens is 337 g/mol. The van der Waals surface area contributed by atoms with Crippen LogP contribution in [0, 0.1) is 5.82 Å². The summed E-state index contributed by atoms with van der Waals surface area (Å²) >= 11 is 1.37. The SMILES string of the molecule is CC(C)c1nc(-n2cccc2)sc1C(=O)N[C@H](C)c1ccc(F)cc1. The second-order valence-corrected chi connectivity index (χ2v) is 7.18. The standard InChI is InChI=1S/C19H20FN3OS/c1-12(2)16-17(25-19(22-16)23-10-4-5-11-23)18(24)21-13(3)14-6-8-15(20)9-7-14/h4-13H,1-3H3,(H,21,24)/t13-/m1/s1. The summed E-state index contributed by atoms with van der Waals surface area (Å²) in [5.74, 6) is -0.304. The molecule has 0 radical (unpaired) electrons. The Kier molecular flexibility index (Phi) is 4.99. The lowest BCUT2D eigenvalue weighted by Gasteiger charge is -2.14. The van der Waals surface area contributed by atoms with Crippen LogP contribution in [-0.2, 0) is 0 Å². The molecule has 1 N–H and O–H groups in total. The number of carbonyl (C=O) groups excluding carboxylic acids is 1. The van der Waals surface area contributed by atoms with E-state index in [1.807, 2.05) is 49.9 Å². The van der Waals surface area contributed by atoms with Crippen molar-refractivity contribution in [3.8, 4) is 5.13 Å². The van der Waals surface area contributed by atoms with Crippen LogP contribution >= 0.6 is 11.3 Å². The molecule has 3 rings (SSSR count). The Bertz CT molecular complexity index is 853. The minimum Gasteiger partial charge on any atom is -0.345 e. The van der Waals surface area contributed by atoms with E-state index >= 15 is 0 Å². The predicted octanol–water partition coefficient (Wildman–Crippen LogP) is 4.69. The lowest BCUT2D eigenvalue weighted by Crippen LogP contribution is -2.26. The minimum atomic E-state index is -0.289. The van der Waals surface area contributed by atoms with Crippen LogP contribution in [0.1, 0.15) is 53.7 Å². The average Bonchev–Trinajstić information content (AvgIpc) is 3.24. The van der Waals surface area contributed by atoms with Gasteiger partial charge in [0.2, 0.25) is 0 Å². The van der Waals surface area contributed by atoms with Gasteiger partial charge in [0, 0.05) is 12.4 Å². The maximum atomic E-state index is 13.1. The van der Waals surface area contributed by atoms with Crippen molar-refractivity contribution in [3.63, 3.8) is 0 Å². The van der Waals surface area contributed by atoms with Crippen LogP contribution in [0.2, 0.25) is 0 Å². The first-order chi connectivity index (χ1) is 12.0. The molecule has 0 unspecified atom stereocenters. The van der Waals surface area contributed by atoms with Gasteiger partial charge in [-0.3, -0.25) is 4.79 Å². The van der Waals surface area contributed by atoms with Gasteiger partial charge in [-0.2, -0.15) is 0 Å². The summed E-state index contributed by atoms with van der Waals surface area (Å²) in [5.41, 5.74) is 1.65. The fourth-order valence-corrected chi connectivity index (χ4v) is 3.63. The molecule has 1 amide bonds. The topological polar surface area (TPSA) is 46.9 Å². The quantitative estimate of drug-likeness (QED) is 0.720. The number of hydrogen-bond donors (Lipinski definition) is 1. The number of aromatic nitrogens is 2. The van der Waals surface area contributed by atoms with Gasteiger partial charge in [-0.05, 0) is 42.7 Å². The maximum Gasteiger partial charge on any atom is 0.263 e. The van der Waals surface area contributed by atoms with E-state index in [0.717, 1.165) is 16.4 Å². The number of nitrogens with one attached hydrogen (secondary N) is 1. The lowest BCUT2D eigenvalue weighted by molar-refractivity contribution is 0.0942. The molecule has 0 aliphatic heterocycles. The van der Waals surface area contributed by atoms with Gasteiger partial charge in [-0.15, -0.1) is 0 Å². The van der Waals surface area contributed by atoms with Crippen LogP contribution < -0.4 is 5.32 Å². The largest absolute Gasteiger partial charge is 0.345 e. The highest BCUT2D eigenvalue weighted by molar-refractivity contribution is 7.16. The Morgan fingerprint density at radius 2 is 1.80 bits per heavy atom. The Labute approximate surface area is 150 Å². The highest BCUT2D eigenvalue weighted by atomic mass is 32.1. The van der Waals surface area contributed by atoms with E-state index in [0.29, 0.717) is 4.88 Å². The molecule has 0 aliphatic rings. The molecule has 2 heterocycles. The summed E-state index contributed by atoms with van der Waals surface area (Å²) in [6.07, 6.45) is 3.82. The third kappa shape index (κ3) is 3.79. The second-order valence-electron chi connectivity index (χ2n) is 6.20. The van der Waals surface area contributed by atoms with Crippen molar-refractivity contribution in [1.82, 2.24) is 14.9 Å². The van der Waals surface area contributed by atoms with Gasteiger partial charge in [0.25, 0.3) is 5.91 Å². The molecule has 2 aromatic heterocycles. The summed E-state index contributed by atoms with van der Waals surface area (Å²) < 4.78 is 15.0. The smallest absolute Gasteiger partial charge is 0.263 e. The van der Waals surface area contributed by atoms with Crippen LogP contribution in [0.5, 0.6) is 0 Å². The van der Waals surface area contributed by atoms with Crippen molar-refractivity contribution in [2.24, 2.45) is 0 Å². The van der Waals surface area contributed by atoms with Crippen LogP contribution in [0.4, 0.5) is 4.39 Å². The van der Waals surface area contributed by atoms with Crippen LogP contribution in [0.15, 0.2) is 48.8 Å². The van der Waals surface area contributed by atoms with Crippen molar-refractivity contribution in [2.45, 2.75) is 32.7 Å². The molecule has 0 spiro atoms. The fourth-order valence-electron chi connectivity index (χ4n) is 2.54. The van der Waals surface area contributed by atoms with E-state index in [1.165, 1.54) is 23.5 Å². The van der Waals surface area contributed by atoms with Crippen molar-refractivity contribution >= 4 is 17.2 Å². The minimum absolute atomic E-state index is 0.141. The Hall–Kier alpha value is -2.47. The zero-order valence-corrected chi connectivity index (χ0v) is 15.2. The summed E-state index contributed by atoms with van der Waals surface area (Å²) in [7, 11) is 0. The van der Waals surface area contributed by atoms with Crippen LogP contribution in [0.25, 0.3) is 5.13 Å². The normalized spacial score (nSPS) is 12.4. The molecule has 0 aliphatic carbocycles. The Balaban J connectivity index is 1.84. The van der Waals surface area contributed by atoms with Crippen molar-refractivity contribution in [2.75, 3.05) is 0 Å². The van der Waals surface area contributed by atoms with E-state index in [4.69, 9.17) is 0 Å². The predicted molar refractivity (Wildman–Crippen MR) is 97.8 cm³/mol. The molecule has 4 nitrogen and oxygen atoms in total. The molecule has 0 bridgehead atoms. The first kappa shape index (κ1) is 17.4. The van der Waals surface area contributed by atoms with Gasteiger partial charge < -0.3 is 9.88 Å². The highest BCUT2D eigenvalue weighted by Gasteiger charge is 2.22. The van der Waals surface area contributed by atoms with Gasteiger partial charge in [0.1, 0.15) is 10.7 Å². The van der Waals surface area contributed by atoms with Crippen LogP contribution in [0.3, 0.4) is 0 Å². The maximum absolute atomic E-state index is 13.1. The third-order valence-corrected chi connectivity index (χ3v) is 5.02. The zero-order valence-electron chi connectivity index (χ0n) is 14.4. The molecule has 1 atom stereocenters. The van der Waals surface area contributed by atoms with Crippen molar-refractivity contribution < 1.29 is 9.18 Å². The summed E-state index contributed by atoms with van der Waals surface area (Å²) in [4.78, 5) is 18.0. The van der Waals surface area contributed by atoms with E-state index in [9.17, 15) is 9.18 Å². The molecule has 0 saturated carbocycles. The molecule has 130 valence electrons. The first-order valence-electron chi connectivity index (χ1n) is 8.16. The number of amides is 1. The summed E-state index contributed by atoms with van der Waals surface area (Å²) in [6, 6.07) is 9.79. The van der Waals surface area contributed by atoms with E-state index in [-0.39, 0.29) is 23.7 Å². The number of rotatable bonds is 5. The molecule has 25 heavy (non-hydrogen) atoms. The number of nitrogens with zero attached hydrogens (tertiary/aromatic N) is 2. The molecule has 0 fully saturated rings. The van der Waals surface area contributed by atoms with Gasteiger partial charge in [0.15, 0.2) is 5.13 Å². The molecule has 1 aromatic carbocycles. The zero-order chi connectivity index (χ0) is 18.0. The number of thiazole rings is 1. The van der Waals surface area contributed by atoms with Gasteiger partial charge >= 0.3 is 0 Å². The van der Waals surface area contributed by atoms with E-state index < -0.39 is 0 Å². The second kappa shape index (κ2) is 7.19. The first-order valence-corrected chi connectivity index (χ1v) is 8.97. The van der Waals surface area contributed by atoms with Gasteiger partial charge in [-0.1, -0.05) is 37.3 Å². The Morgan fingerprint density at radius 1 is 1.16 bits per heavy atom. The van der Waals surface area contributed by atoms with Gasteiger partial charge in [0.05, 0.1) is 11.7 Å². The fraction of sp³-hybridized carbons (Fsp3) is 0.263. The van der Waals surface area contributed by atoms with E-state index in [1.54, 1.807) is 12.1 Å². The average molecular weight is 357 g/mol. The van der Waals surface area contributed by atoms with Gasteiger partial charge in [-0.25, -0.2) is 9.37 Å². The monoisotopic (exact) mass is 357 g/mol. The third-order valence-electron chi connectivity index (χ3n) is 3.94. The van der Waals surface area contributed by atoms with Crippen LogP contribution in [-0.4, -0.2) is 15.5 Å². The Morgan fingerprint density at radius 3 is 2.40 bits per heavy atom. The number of benzene rings is 1. The van der Waals surface area contributed by atoms with Crippen molar-refractivity contribution in [3.05, 3.63) is 70.7 Å². The lowest BCUT2D eigenvalue weighted by atomic mass is 10.1. The number of hydrogen-bond acceptors (Lipinski definition) is 3. The van der Waals surface area contributed by atoms with Crippen molar-refractivity contribution in [1.29, 1.82) is 0 Å². The number of carbonyl (C=O) groups is 1. The number of halogens is 1. The molecule has 0 saturated heterocycles. The van der Waals surface area contributed by atoms with E-state index in [2.05, 4.69) is 10.3 Å².